The third-order valence-electron chi connectivity index (χ3n) is 6.22. The Morgan fingerprint density at radius 3 is 2.38 bits per heavy atom. The van der Waals surface area contributed by atoms with Gasteiger partial charge in [0.05, 0.1) is 11.5 Å². The maximum atomic E-state index is 12.4. The van der Waals surface area contributed by atoms with Crippen LogP contribution >= 0.6 is 11.8 Å². The molecule has 7 nitrogen and oxygen atoms in total. The number of phenolic OH excluding ortho intramolecular Hbond substituents is 1. The first-order valence-corrected chi connectivity index (χ1v) is 11.5. The summed E-state index contributed by atoms with van der Waals surface area (Å²) in [5.41, 5.74) is 2.26. The maximum Gasteiger partial charge on any atom is 0.338 e. The van der Waals surface area contributed by atoms with Crippen LogP contribution in [-0.2, 0) is 24.1 Å². The number of aryl methyl sites for hydroxylation is 1. The number of rotatable bonds is 7. The molecule has 3 N–H and O–H groups in total. The number of fused-ring (bicyclic) bond motifs is 1. The molecular formula is C24H26N2O5S. The summed E-state index contributed by atoms with van der Waals surface area (Å²) in [6.45, 7) is 1.57. The van der Waals surface area contributed by atoms with Gasteiger partial charge in [0, 0.05) is 46.4 Å². The Labute approximate surface area is 190 Å². The van der Waals surface area contributed by atoms with Crippen molar-refractivity contribution in [1.82, 2.24) is 9.47 Å². The smallest absolute Gasteiger partial charge is 0.338 e. The normalized spacial score (nSPS) is 15.3. The number of carboxylic acids is 2. The van der Waals surface area contributed by atoms with Gasteiger partial charge in [-0.3, -0.25) is 9.69 Å². The summed E-state index contributed by atoms with van der Waals surface area (Å²) >= 11 is 1.57. The van der Waals surface area contributed by atoms with Gasteiger partial charge in [-0.15, -0.1) is 11.8 Å². The number of hydrogen-bond acceptors (Lipinski definition) is 5. The van der Waals surface area contributed by atoms with Crippen molar-refractivity contribution >= 4 is 34.6 Å². The number of aromatic hydroxyl groups is 1. The molecule has 2 aromatic carbocycles. The minimum Gasteiger partial charge on any atom is -0.508 e. The largest absolute Gasteiger partial charge is 0.508 e. The SMILES string of the molecule is Cn1c(CSc2ccccc2)c(C(=O)O)c2c(CN3CCC(C(=O)O)CC3)c(O)ccc21. The molecule has 3 aromatic rings. The highest BCUT2D eigenvalue weighted by Gasteiger charge is 2.28. The second kappa shape index (κ2) is 9.26. The fourth-order valence-corrected chi connectivity index (χ4v) is 5.42. The van der Waals surface area contributed by atoms with E-state index in [4.69, 9.17) is 0 Å². The third-order valence-corrected chi connectivity index (χ3v) is 7.25. The zero-order valence-electron chi connectivity index (χ0n) is 17.8. The molecule has 0 bridgehead atoms. The standard InChI is InChI=1S/C24H26N2O5S/c1-25-18-7-8-20(27)17(13-26-11-9-15(10-12-26)23(28)29)21(18)22(24(30)31)19(25)14-32-16-5-3-2-4-6-16/h2-8,15,27H,9-14H2,1H3,(H,28,29)(H,30,31). The first kappa shape index (κ1) is 22.2. The van der Waals surface area contributed by atoms with Crippen molar-refractivity contribution in [2.75, 3.05) is 13.1 Å². The molecule has 1 fully saturated rings. The molecule has 32 heavy (non-hydrogen) atoms. The molecule has 1 aromatic heterocycles. The van der Waals surface area contributed by atoms with Crippen molar-refractivity contribution in [1.29, 1.82) is 0 Å². The number of thioether (sulfide) groups is 1. The first-order valence-electron chi connectivity index (χ1n) is 10.5. The Bertz CT molecular complexity index is 1150. The van der Waals surface area contributed by atoms with Crippen LogP contribution in [0.15, 0.2) is 47.4 Å². The van der Waals surface area contributed by atoms with Gasteiger partial charge in [-0.05, 0) is 50.2 Å². The van der Waals surface area contributed by atoms with E-state index < -0.39 is 11.9 Å². The number of aromatic nitrogens is 1. The number of aliphatic carboxylic acids is 1. The second-order valence-electron chi connectivity index (χ2n) is 8.13. The monoisotopic (exact) mass is 454 g/mol. The summed E-state index contributed by atoms with van der Waals surface area (Å²) in [5.74, 6) is -1.58. The molecule has 0 unspecified atom stereocenters. The maximum absolute atomic E-state index is 12.4. The predicted molar refractivity (Wildman–Crippen MR) is 123 cm³/mol. The molecule has 168 valence electrons. The Kier molecular flexibility index (Phi) is 6.43. The molecule has 4 rings (SSSR count). The lowest BCUT2D eigenvalue weighted by atomic mass is 9.96. The van der Waals surface area contributed by atoms with Gasteiger partial charge in [-0.2, -0.15) is 0 Å². The summed E-state index contributed by atoms with van der Waals surface area (Å²) in [4.78, 5) is 26.7. The van der Waals surface area contributed by atoms with E-state index in [1.165, 1.54) is 0 Å². The number of carboxylic acid groups (broad SMARTS) is 2. The van der Waals surface area contributed by atoms with Gasteiger partial charge in [0.1, 0.15) is 5.75 Å². The highest BCUT2D eigenvalue weighted by Crippen LogP contribution is 2.37. The molecule has 8 heteroatoms. The summed E-state index contributed by atoms with van der Waals surface area (Å²) in [6.07, 6.45) is 1.09. The molecule has 1 aliphatic rings. The van der Waals surface area contributed by atoms with Crippen LogP contribution in [0, 0.1) is 5.92 Å². The van der Waals surface area contributed by atoms with E-state index in [9.17, 15) is 24.9 Å². The molecule has 0 amide bonds. The highest BCUT2D eigenvalue weighted by molar-refractivity contribution is 7.98. The van der Waals surface area contributed by atoms with E-state index in [-0.39, 0.29) is 17.2 Å². The fraction of sp³-hybridized carbons (Fsp3) is 0.333. The quantitative estimate of drug-likeness (QED) is 0.460. The van der Waals surface area contributed by atoms with Crippen LogP contribution in [-0.4, -0.2) is 49.8 Å². The van der Waals surface area contributed by atoms with Gasteiger partial charge in [-0.25, -0.2) is 4.79 Å². The Morgan fingerprint density at radius 2 is 1.75 bits per heavy atom. The number of nitrogens with zero attached hydrogens (tertiary/aromatic N) is 2. The molecule has 0 aliphatic carbocycles. The van der Waals surface area contributed by atoms with E-state index in [1.54, 1.807) is 23.9 Å². The van der Waals surface area contributed by atoms with Crippen LogP contribution in [0.5, 0.6) is 5.75 Å². The number of piperidine rings is 1. The molecule has 1 aliphatic heterocycles. The zero-order chi connectivity index (χ0) is 22.8. The lowest BCUT2D eigenvalue weighted by Gasteiger charge is -2.30. The average molecular weight is 455 g/mol. The molecule has 0 spiro atoms. The van der Waals surface area contributed by atoms with Gasteiger partial charge >= 0.3 is 11.9 Å². The van der Waals surface area contributed by atoms with E-state index in [0.717, 1.165) is 10.4 Å². The van der Waals surface area contributed by atoms with Crippen LogP contribution in [0.4, 0.5) is 0 Å². The fourth-order valence-electron chi connectivity index (χ4n) is 4.43. The van der Waals surface area contributed by atoms with Crippen molar-refractivity contribution in [2.45, 2.75) is 30.0 Å². The number of aromatic carboxylic acids is 1. The highest BCUT2D eigenvalue weighted by atomic mass is 32.2. The number of phenols is 1. The molecule has 0 radical (unpaired) electrons. The van der Waals surface area contributed by atoms with Crippen molar-refractivity contribution in [3.63, 3.8) is 0 Å². The Morgan fingerprint density at radius 1 is 1.06 bits per heavy atom. The van der Waals surface area contributed by atoms with Crippen molar-refractivity contribution in [3.05, 3.63) is 59.3 Å². The third kappa shape index (κ3) is 4.33. The van der Waals surface area contributed by atoms with Crippen LogP contribution in [0.2, 0.25) is 0 Å². The van der Waals surface area contributed by atoms with Crippen molar-refractivity contribution in [2.24, 2.45) is 13.0 Å². The Hall–Kier alpha value is -2.97. The van der Waals surface area contributed by atoms with Crippen LogP contribution in [0.25, 0.3) is 10.9 Å². The van der Waals surface area contributed by atoms with Crippen LogP contribution < -0.4 is 0 Å². The Balaban J connectivity index is 1.70. The van der Waals surface area contributed by atoms with Gasteiger partial charge in [0.15, 0.2) is 0 Å². The zero-order valence-corrected chi connectivity index (χ0v) is 18.6. The minimum absolute atomic E-state index is 0.0632. The molecule has 0 atom stereocenters. The van der Waals surface area contributed by atoms with Gasteiger partial charge < -0.3 is 19.9 Å². The van der Waals surface area contributed by atoms with Crippen LogP contribution in [0.3, 0.4) is 0 Å². The predicted octanol–water partition coefficient (Wildman–Crippen LogP) is 4.17. The second-order valence-corrected chi connectivity index (χ2v) is 9.18. The molecule has 0 saturated carbocycles. The summed E-state index contributed by atoms with van der Waals surface area (Å²) in [5, 5.41) is 30.6. The van der Waals surface area contributed by atoms with E-state index in [2.05, 4.69) is 4.90 Å². The average Bonchev–Trinajstić information content (AvgIpc) is 3.07. The lowest BCUT2D eigenvalue weighted by molar-refractivity contribution is -0.143. The number of benzene rings is 2. The summed E-state index contributed by atoms with van der Waals surface area (Å²) in [7, 11) is 1.86. The molecule has 1 saturated heterocycles. The summed E-state index contributed by atoms with van der Waals surface area (Å²) < 4.78 is 1.90. The minimum atomic E-state index is -1.02. The lowest BCUT2D eigenvalue weighted by Crippen LogP contribution is -2.35. The van der Waals surface area contributed by atoms with Gasteiger partial charge in [-0.1, -0.05) is 18.2 Å². The topological polar surface area (TPSA) is 103 Å². The van der Waals surface area contributed by atoms with Gasteiger partial charge in [0.25, 0.3) is 0 Å². The number of carbonyl (C=O) groups is 2. The van der Waals surface area contributed by atoms with Crippen molar-refractivity contribution in [3.8, 4) is 5.75 Å². The molecular weight excluding hydrogens is 428 g/mol. The van der Waals surface area contributed by atoms with E-state index in [1.807, 2.05) is 41.9 Å². The van der Waals surface area contributed by atoms with Crippen molar-refractivity contribution < 1.29 is 24.9 Å². The first-order chi connectivity index (χ1) is 15.4. The van der Waals surface area contributed by atoms with Gasteiger partial charge in [0.2, 0.25) is 0 Å². The number of likely N-dealkylation sites (tertiary alicyclic amines) is 1. The molecule has 2 heterocycles. The summed E-state index contributed by atoms with van der Waals surface area (Å²) in [6, 6.07) is 13.2. The van der Waals surface area contributed by atoms with E-state index in [0.29, 0.717) is 54.9 Å². The number of hydrogen-bond donors (Lipinski definition) is 3. The van der Waals surface area contributed by atoms with E-state index >= 15 is 0 Å². The van der Waals surface area contributed by atoms with Crippen LogP contribution in [0.1, 0.15) is 34.5 Å².